The zero-order chi connectivity index (χ0) is 13.0. The van der Waals surface area contributed by atoms with Crippen LogP contribution in [0.1, 0.15) is 11.1 Å². The van der Waals surface area contributed by atoms with Gasteiger partial charge in [-0.3, -0.25) is 0 Å². The van der Waals surface area contributed by atoms with Crippen LogP contribution in [0.25, 0.3) is 0 Å². The molecule has 0 saturated heterocycles. The second-order valence-electron chi connectivity index (χ2n) is 3.79. The third kappa shape index (κ3) is 3.09. The molecule has 0 atom stereocenters. The van der Waals surface area contributed by atoms with E-state index in [1.165, 1.54) is 12.1 Å². The van der Waals surface area contributed by atoms with Gasteiger partial charge in [0.25, 0.3) is 0 Å². The zero-order valence-corrected chi connectivity index (χ0v) is 11.2. The Morgan fingerprint density at radius 2 is 1.89 bits per heavy atom. The van der Waals surface area contributed by atoms with Crippen LogP contribution >= 0.6 is 15.9 Å². The predicted octanol–water partition coefficient (Wildman–Crippen LogP) is 3.66. The molecule has 0 amide bonds. The van der Waals surface area contributed by atoms with Crippen molar-refractivity contribution in [2.75, 3.05) is 0 Å². The normalized spacial score (nSPS) is 10.4. The Morgan fingerprint density at radius 3 is 2.61 bits per heavy atom. The van der Waals surface area contributed by atoms with Gasteiger partial charge in [0.15, 0.2) is 0 Å². The van der Waals surface area contributed by atoms with E-state index < -0.39 is 0 Å². The van der Waals surface area contributed by atoms with Crippen molar-refractivity contribution in [3.8, 4) is 5.75 Å². The fourth-order valence-corrected chi connectivity index (χ4v) is 2.03. The largest absolute Gasteiger partial charge is 0.488 e. The number of aliphatic hydroxyl groups is 1. The Bertz CT molecular complexity index is 543. The van der Waals surface area contributed by atoms with Crippen LogP contribution in [0.15, 0.2) is 46.9 Å². The second-order valence-corrected chi connectivity index (χ2v) is 4.64. The molecule has 2 aromatic carbocycles. The van der Waals surface area contributed by atoms with E-state index in [1.54, 1.807) is 18.2 Å². The van der Waals surface area contributed by atoms with Crippen LogP contribution in [0.3, 0.4) is 0 Å². The maximum atomic E-state index is 12.9. The molecule has 0 spiro atoms. The number of halogens is 2. The first-order valence-electron chi connectivity index (χ1n) is 5.46. The molecule has 0 fully saturated rings. The molecule has 0 aliphatic carbocycles. The number of rotatable bonds is 4. The van der Waals surface area contributed by atoms with Crippen molar-refractivity contribution < 1.29 is 14.2 Å². The van der Waals surface area contributed by atoms with Crippen molar-refractivity contribution in [1.82, 2.24) is 0 Å². The molecule has 0 aliphatic rings. The molecule has 2 aromatic rings. The van der Waals surface area contributed by atoms with E-state index in [0.717, 1.165) is 11.1 Å². The molecule has 1 N–H and O–H groups in total. The summed E-state index contributed by atoms with van der Waals surface area (Å²) < 4.78 is 19.2. The summed E-state index contributed by atoms with van der Waals surface area (Å²) in [7, 11) is 0. The molecule has 2 rings (SSSR count). The van der Waals surface area contributed by atoms with Crippen LogP contribution in [-0.4, -0.2) is 5.11 Å². The van der Waals surface area contributed by atoms with Crippen LogP contribution in [0.2, 0.25) is 0 Å². The summed E-state index contributed by atoms with van der Waals surface area (Å²) in [6.45, 7) is 0.249. The maximum Gasteiger partial charge on any atom is 0.125 e. The fraction of sp³-hybridized carbons (Fsp3) is 0.143. The summed E-state index contributed by atoms with van der Waals surface area (Å²) in [6, 6.07) is 11.7. The monoisotopic (exact) mass is 310 g/mol. The molecule has 0 radical (unpaired) electrons. The van der Waals surface area contributed by atoms with Gasteiger partial charge in [0.05, 0.1) is 6.61 Å². The molecule has 4 heteroatoms. The lowest BCUT2D eigenvalue weighted by Crippen LogP contribution is -1.99. The molecule has 0 aliphatic heterocycles. The van der Waals surface area contributed by atoms with E-state index in [-0.39, 0.29) is 12.4 Å². The van der Waals surface area contributed by atoms with Gasteiger partial charge in [0, 0.05) is 15.6 Å². The van der Waals surface area contributed by atoms with E-state index >= 15 is 0 Å². The van der Waals surface area contributed by atoms with Crippen LogP contribution < -0.4 is 4.74 Å². The first-order valence-corrected chi connectivity index (χ1v) is 6.25. The second kappa shape index (κ2) is 5.98. The van der Waals surface area contributed by atoms with Crippen LogP contribution in [0.5, 0.6) is 5.75 Å². The summed E-state index contributed by atoms with van der Waals surface area (Å²) >= 11 is 3.29. The number of benzene rings is 2. The fourth-order valence-electron chi connectivity index (χ4n) is 1.57. The van der Waals surface area contributed by atoms with Crippen LogP contribution in [0, 0.1) is 5.82 Å². The third-order valence-electron chi connectivity index (χ3n) is 2.54. The minimum absolute atomic E-state index is 0.0687. The van der Waals surface area contributed by atoms with Crippen molar-refractivity contribution in [3.05, 3.63) is 63.9 Å². The highest BCUT2D eigenvalue weighted by molar-refractivity contribution is 9.10. The third-order valence-corrected chi connectivity index (χ3v) is 3.28. The van der Waals surface area contributed by atoms with Gasteiger partial charge >= 0.3 is 0 Å². The highest BCUT2D eigenvalue weighted by atomic mass is 79.9. The van der Waals surface area contributed by atoms with E-state index in [2.05, 4.69) is 15.9 Å². The highest BCUT2D eigenvalue weighted by Gasteiger charge is 2.05. The van der Waals surface area contributed by atoms with Gasteiger partial charge in [-0.15, -0.1) is 0 Å². The molecule has 0 saturated carbocycles. The van der Waals surface area contributed by atoms with E-state index in [1.807, 2.05) is 12.1 Å². The zero-order valence-electron chi connectivity index (χ0n) is 9.57. The lowest BCUT2D eigenvalue weighted by atomic mass is 10.2. The van der Waals surface area contributed by atoms with Crippen LogP contribution in [-0.2, 0) is 13.2 Å². The van der Waals surface area contributed by atoms with Crippen molar-refractivity contribution in [3.63, 3.8) is 0 Å². The van der Waals surface area contributed by atoms with Gasteiger partial charge in [0.2, 0.25) is 0 Å². The molecule has 94 valence electrons. The lowest BCUT2D eigenvalue weighted by molar-refractivity contribution is 0.259. The molecule has 0 bridgehead atoms. The summed E-state index contributed by atoms with van der Waals surface area (Å²) in [4.78, 5) is 0. The number of hydrogen-bond donors (Lipinski definition) is 1. The predicted molar refractivity (Wildman–Crippen MR) is 70.8 cm³/mol. The molecule has 2 nitrogen and oxygen atoms in total. The average molecular weight is 311 g/mol. The minimum Gasteiger partial charge on any atom is -0.488 e. The highest BCUT2D eigenvalue weighted by Crippen LogP contribution is 2.22. The van der Waals surface area contributed by atoms with Gasteiger partial charge in [-0.1, -0.05) is 40.2 Å². The van der Waals surface area contributed by atoms with E-state index in [9.17, 15) is 4.39 Å². The topological polar surface area (TPSA) is 29.5 Å². The Labute approximate surface area is 113 Å². The Balaban J connectivity index is 2.11. The molecular weight excluding hydrogens is 299 g/mol. The first-order chi connectivity index (χ1) is 8.70. The lowest BCUT2D eigenvalue weighted by Gasteiger charge is -2.11. The maximum absolute atomic E-state index is 12.9. The summed E-state index contributed by atoms with van der Waals surface area (Å²) in [5, 5.41) is 9.17. The number of hydrogen-bond acceptors (Lipinski definition) is 2. The van der Waals surface area contributed by atoms with E-state index in [4.69, 9.17) is 9.84 Å². The number of aliphatic hydroxyl groups excluding tert-OH is 1. The van der Waals surface area contributed by atoms with Crippen molar-refractivity contribution in [2.24, 2.45) is 0 Å². The Hall–Kier alpha value is -1.39. The minimum atomic E-state index is -0.290. The van der Waals surface area contributed by atoms with Gasteiger partial charge in [0.1, 0.15) is 18.2 Å². The Morgan fingerprint density at radius 1 is 1.11 bits per heavy atom. The number of para-hydroxylation sites is 1. The smallest absolute Gasteiger partial charge is 0.125 e. The average Bonchev–Trinajstić information content (AvgIpc) is 2.38. The summed E-state index contributed by atoms with van der Waals surface area (Å²) in [6.07, 6.45) is 0. The van der Waals surface area contributed by atoms with Crippen LogP contribution in [0.4, 0.5) is 4.39 Å². The van der Waals surface area contributed by atoms with Crippen molar-refractivity contribution in [1.29, 1.82) is 0 Å². The SMILES string of the molecule is OCc1ccccc1OCc1ccc(F)cc1Br. The van der Waals surface area contributed by atoms with Crippen molar-refractivity contribution in [2.45, 2.75) is 13.2 Å². The number of ether oxygens (including phenoxy) is 1. The van der Waals surface area contributed by atoms with E-state index in [0.29, 0.717) is 16.8 Å². The van der Waals surface area contributed by atoms with Gasteiger partial charge in [-0.05, 0) is 18.2 Å². The first kappa shape index (κ1) is 13.1. The van der Waals surface area contributed by atoms with Crippen molar-refractivity contribution >= 4 is 15.9 Å². The molecule has 0 unspecified atom stereocenters. The molecule has 0 heterocycles. The molecular formula is C14H12BrFO2. The van der Waals surface area contributed by atoms with Gasteiger partial charge in [-0.25, -0.2) is 4.39 Å². The summed E-state index contributed by atoms with van der Waals surface area (Å²) in [5.41, 5.74) is 1.58. The molecule has 0 aromatic heterocycles. The Kier molecular flexibility index (Phi) is 4.33. The quantitative estimate of drug-likeness (QED) is 0.934. The van der Waals surface area contributed by atoms with Gasteiger partial charge in [-0.2, -0.15) is 0 Å². The standard InChI is InChI=1S/C14H12BrFO2/c15-13-7-12(16)6-5-11(13)9-18-14-4-2-1-3-10(14)8-17/h1-7,17H,8-9H2. The summed E-state index contributed by atoms with van der Waals surface area (Å²) in [5.74, 6) is 0.345. The van der Waals surface area contributed by atoms with Gasteiger partial charge < -0.3 is 9.84 Å². The molecule has 18 heavy (non-hydrogen) atoms.